The van der Waals surface area contributed by atoms with E-state index < -0.39 is 0 Å². The second-order valence-electron chi connectivity index (χ2n) is 9.19. The number of hydrogen-bond donors (Lipinski definition) is 1. The average Bonchev–Trinajstić information content (AvgIpc) is 3.25. The van der Waals surface area contributed by atoms with E-state index in [9.17, 15) is 0 Å². The molecule has 2 aromatic heterocycles. The molecule has 1 aliphatic heterocycles. The molecule has 182 valence electrons. The van der Waals surface area contributed by atoms with Crippen LogP contribution in [0.25, 0.3) is 5.57 Å². The second kappa shape index (κ2) is 14.5. The van der Waals surface area contributed by atoms with E-state index in [1.54, 1.807) is 22.7 Å². The molecule has 7 heteroatoms. The Morgan fingerprint density at radius 3 is 2.09 bits per heavy atom. The van der Waals surface area contributed by atoms with Crippen molar-refractivity contribution in [2.24, 2.45) is 11.8 Å². The molecule has 4 nitrogen and oxygen atoms in total. The lowest BCUT2D eigenvalue weighted by molar-refractivity contribution is 0.369. The Kier molecular flexibility index (Phi) is 13.3. The van der Waals surface area contributed by atoms with Crippen LogP contribution in [-0.4, -0.2) is 35.0 Å². The molecule has 2 N–H and O–H groups in total. The number of anilines is 1. The first-order valence-corrected chi connectivity index (χ1v) is 14.3. The van der Waals surface area contributed by atoms with Crippen molar-refractivity contribution >= 4 is 49.3 Å². The highest BCUT2D eigenvalue weighted by atomic mass is 79.9. The van der Waals surface area contributed by atoms with E-state index in [0.717, 1.165) is 42.0 Å². The molecule has 0 saturated heterocycles. The molecule has 0 unspecified atom stereocenters. The normalized spacial score (nSPS) is 14.2. The van der Waals surface area contributed by atoms with Gasteiger partial charge in [0.2, 0.25) is 0 Å². The van der Waals surface area contributed by atoms with Gasteiger partial charge >= 0.3 is 0 Å². The van der Waals surface area contributed by atoms with E-state index in [0.29, 0.717) is 22.9 Å². The highest BCUT2D eigenvalue weighted by Crippen LogP contribution is 2.32. The van der Waals surface area contributed by atoms with Crippen molar-refractivity contribution in [3.05, 3.63) is 31.1 Å². The van der Waals surface area contributed by atoms with Crippen molar-refractivity contribution in [2.75, 3.05) is 25.9 Å². The first-order chi connectivity index (χ1) is 15.1. The summed E-state index contributed by atoms with van der Waals surface area (Å²) in [5.41, 5.74) is 9.67. The van der Waals surface area contributed by atoms with Crippen LogP contribution in [0.2, 0.25) is 0 Å². The van der Waals surface area contributed by atoms with Crippen molar-refractivity contribution in [3.8, 4) is 0 Å². The quantitative estimate of drug-likeness (QED) is 0.402. The van der Waals surface area contributed by atoms with E-state index in [1.807, 2.05) is 13.8 Å². The predicted octanol–water partition coefficient (Wildman–Crippen LogP) is 7.90. The maximum Gasteiger partial charge on any atom is 0.180 e. The van der Waals surface area contributed by atoms with E-state index in [1.165, 1.54) is 21.0 Å². The third-order valence-corrected chi connectivity index (χ3v) is 7.32. The van der Waals surface area contributed by atoms with Crippen LogP contribution in [0.4, 0.5) is 5.13 Å². The van der Waals surface area contributed by atoms with Crippen LogP contribution < -0.4 is 5.73 Å². The number of halogens is 1. The van der Waals surface area contributed by atoms with Gasteiger partial charge in [0.05, 0.1) is 11.4 Å². The van der Waals surface area contributed by atoms with Crippen LogP contribution >= 0.6 is 38.6 Å². The molecule has 0 amide bonds. The Morgan fingerprint density at radius 1 is 1.00 bits per heavy atom. The van der Waals surface area contributed by atoms with Crippen molar-refractivity contribution in [2.45, 2.75) is 80.6 Å². The molecule has 2 aromatic rings. The van der Waals surface area contributed by atoms with Gasteiger partial charge in [0.15, 0.2) is 9.05 Å². The summed E-state index contributed by atoms with van der Waals surface area (Å²) in [6, 6.07) is 0. The van der Waals surface area contributed by atoms with Gasteiger partial charge in [-0.3, -0.25) is 0 Å². The average molecular weight is 544 g/mol. The molecule has 3 rings (SSSR count). The van der Waals surface area contributed by atoms with Crippen LogP contribution in [0.15, 0.2) is 9.99 Å². The predicted molar refractivity (Wildman–Crippen MR) is 149 cm³/mol. The summed E-state index contributed by atoms with van der Waals surface area (Å²) >= 11 is 6.87. The summed E-state index contributed by atoms with van der Waals surface area (Å²) in [6.07, 6.45) is 5.61. The van der Waals surface area contributed by atoms with Crippen LogP contribution in [0.3, 0.4) is 0 Å². The molecule has 32 heavy (non-hydrogen) atoms. The molecule has 0 radical (unpaired) electrons. The fourth-order valence-electron chi connectivity index (χ4n) is 3.42. The van der Waals surface area contributed by atoms with Gasteiger partial charge in [-0.1, -0.05) is 61.5 Å². The van der Waals surface area contributed by atoms with Crippen LogP contribution in [0.5, 0.6) is 0 Å². The summed E-state index contributed by atoms with van der Waals surface area (Å²) < 4.78 is 1.02. The van der Waals surface area contributed by atoms with Crippen molar-refractivity contribution in [3.63, 3.8) is 0 Å². The third-order valence-electron chi connectivity index (χ3n) is 4.87. The van der Waals surface area contributed by atoms with E-state index in [-0.39, 0.29) is 0 Å². The highest BCUT2D eigenvalue weighted by Gasteiger charge is 2.18. The summed E-state index contributed by atoms with van der Waals surface area (Å²) in [5, 5.41) is 0.704. The van der Waals surface area contributed by atoms with Gasteiger partial charge < -0.3 is 10.6 Å². The Morgan fingerprint density at radius 2 is 1.59 bits per heavy atom. The van der Waals surface area contributed by atoms with E-state index in [4.69, 9.17) is 5.73 Å². The molecule has 0 saturated carbocycles. The van der Waals surface area contributed by atoms with Gasteiger partial charge in [-0.25, -0.2) is 9.97 Å². The molecule has 1 aliphatic rings. The molecule has 0 atom stereocenters. The largest absolute Gasteiger partial charge is 0.375 e. The summed E-state index contributed by atoms with van der Waals surface area (Å²) in [5.74, 6) is 1.90. The number of rotatable bonds is 6. The lowest BCUT2D eigenvalue weighted by Gasteiger charge is -2.21. The van der Waals surface area contributed by atoms with Gasteiger partial charge in [0, 0.05) is 22.8 Å². The summed E-state index contributed by atoms with van der Waals surface area (Å²) in [7, 11) is 2.15. The molecular weight excluding hydrogens is 500 g/mol. The molecular formula is C25H43BrN4S2. The first kappa shape index (κ1) is 29.3. The van der Waals surface area contributed by atoms with Crippen molar-refractivity contribution in [1.82, 2.24) is 14.9 Å². The standard InChI is InChI=1S/C13H21N3S.C10H16BrNS.C2H6/c1-9(2)8-11-12(15-13(14)17-11)10-4-6-16(3)7-5-10;1-6(2)5-8-9(7(3)4)12-10(11)13-8;1-2/h4,9H,5-8H2,1-3H3,(H2,14,15);6-7H,5H2,1-4H3;1-2H3. The fraction of sp³-hybridized carbons (Fsp3) is 0.680. The Labute approximate surface area is 212 Å². The fourth-order valence-corrected chi connectivity index (χ4v) is 6.42. The third kappa shape index (κ3) is 9.62. The first-order valence-electron chi connectivity index (χ1n) is 11.8. The van der Waals surface area contributed by atoms with Crippen LogP contribution in [-0.2, 0) is 12.8 Å². The Balaban J connectivity index is 0.000000307. The number of aromatic nitrogens is 2. The van der Waals surface area contributed by atoms with E-state index >= 15 is 0 Å². The number of nitrogens with zero attached hydrogens (tertiary/aromatic N) is 3. The smallest absolute Gasteiger partial charge is 0.180 e. The lowest BCUT2D eigenvalue weighted by Crippen LogP contribution is -2.24. The monoisotopic (exact) mass is 542 g/mol. The maximum atomic E-state index is 5.86. The van der Waals surface area contributed by atoms with Gasteiger partial charge in [-0.05, 0) is 65.6 Å². The Bertz CT molecular complexity index is 837. The molecule has 3 heterocycles. The van der Waals surface area contributed by atoms with Gasteiger partial charge in [0.25, 0.3) is 0 Å². The number of hydrogen-bond acceptors (Lipinski definition) is 6. The van der Waals surface area contributed by atoms with E-state index in [2.05, 4.69) is 85.5 Å². The minimum Gasteiger partial charge on any atom is -0.375 e. The number of likely N-dealkylation sites (N-methyl/N-ethyl adjacent to an activating group) is 1. The zero-order valence-electron chi connectivity index (χ0n) is 21.5. The number of thiazole rings is 2. The molecule has 0 bridgehead atoms. The summed E-state index contributed by atoms with van der Waals surface area (Å²) in [6.45, 7) is 19.5. The second-order valence-corrected chi connectivity index (χ2v) is 12.7. The Hall–Kier alpha value is -0.760. The topological polar surface area (TPSA) is 55.0 Å². The minimum absolute atomic E-state index is 0.538. The van der Waals surface area contributed by atoms with Crippen LogP contribution in [0, 0.1) is 11.8 Å². The zero-order chi connectivity index (χ0) is 24.4. The highest BCUT2D eigenvalue weighted by molar-refractivity contribution is 9.11. The maximum absolute atomic E-state index is 5.86. The zero-order valence-corrected chi connectivity index (χ0v) is 24.7. The lowest BCUT2D eigenvalue weighted by atomic mass is 10.0. The van der Waals surface area contributed by atoms with Crippen molar-refractivity contribution < 1.29 is 0 Å². The molecule has 0 spiro atoms. The molecule has 0 aliphatic carbocycles. The minimum atomic E-state index is 0.538. The van der Waals surface area contributed by atoms with Crippen LogP contribution in [0.1, 0.15) is 88.9 Å². The van der Waals surface area contributed by atoms with Gasteiger partial charge in [-0.15, -0.1) is 22.7 Å². The number of nitrogen functional groups attached to an aromatic ring is 1. The van der Waals surface area contributed by atoms with Gasteiger partial charge in [-0.2, -0.15) is 0 Å². The summed E-state index contributed by atoms with van der Waals surface area (Å²) in [4.78, 5) is 14.1. The molecule has 0 fully saturated rings. The van der Waals surface area contributed by atoms with Gasteiger partial charge in [0.1, 0.15) is 0 Å². The van der Waals surface area contributed by atoms with Crippen molar-refractivity contribution in [1.29, 1.82) is 0 Å². The molecule has 0 aromatic carbocycles. The SMILES string of the molecule is CC.CC(C)Cc1sc(Br)nc1C(C)C.CC(C)Cc1sc(N)nc1C1=CCN(C)CC1. The number of nitrogens with two attached hydrogens (primary N) is 1.